The van der Waals surface area contributed by atoms with Gasteiger partial charge in [-0.2, -0.15) is 4.72 Å². The average molecular weight is 280 g/mol. The van der Waals surface area contributed by atoms with Gasteiger partial charge in [-0.05, 0) is 30.7 Å². The third-order valence-electron chi connectivity index (χ3n) is 2.72. The molecule has 0 aliphatic heterocycles. The lowest BCUT2D eigenvalue weighted by atomic mass is 10.2. The Hall–Kier alpha value is -1.35. The Labute approximate surface area is 115 Å². The van der Waals surface area contributed by atoms with Gasteiger partial charge in [0.15, 0.2) is 0 Å². The summed E-state index contributed by atoms with van der Waals surface area (Å²) < 4.78 is 26.6. The van der Waals surface area contributed by atoms with Crippen molar-refractivity contribution in [3.63, 3.8) is 0 Å². The molecule has 1 rings (SSSR count). The molecule has 0 aromatic heterocycles. The van der Waals surface area contributed by atoms with Gasteiger partial charge in [0, 0.05) is 6.54 Å². The fraction of sp³-hybridized carbons (Fsp3) is 0.429. The molecule has 5 heteroatoms. The van der Waals surface area contributed by atoms with Crippen LogP contribution in [0.4, 0.5) is 0 Å². The molecule has 0 saturated carbocycles. The summed E-state index contributed by atoms with van der Waals surface area (Å²) in [6.07, 6.45) is 5.83. The zero-order valence-corrected chi connectivity index (χ0v) is 12.1. The molecule has 0 aliphatic rings. The van der Waals surface area contributed by atoms with E-state index >= 15 is 0 Å². The summed E-state index contributed by atoms with van der Waals surface area (Å²) in [4.78, 5) is 0.237. The van der Waals surface area contributed by atoms with Gasteiger partial charge in [0.25, 0.3) is 0 Å². The van der Waals surface area contributed by atoms with Crippen molar-refractivity contribution in [2.24, 2.45) is 0 Å². The molecule has 4 nitrogen and oxygen atoms in total. The van der Waals surface area contributed by atoms with Crippen LogP contribution >= 0.6 is 0 Å². The Morgan fingerprint density at radius 1 is 1.26 bits per heavy atom. The highest BCUT2D eigenvalue weighted by Gasteiger charge is 2.17. The Kier molecular flexibility index (Phi) is 6.03. The number of rotatable bonds is 7. The Bertz CT molecular complexity index is 530. The highest BCUT2D eigenvalue weighted by Crippen LogP contribution is 2.11. The lowest BCUT2D eigenvalue weighted by Gasteiger charge is -2.11. The van der Waals surface area contributed by atoms with E-state index in [0.29, 0.717) is 6.42 Å². The van der Waals surface area contributed by atoms with Crippen molar-refractivity contribution in [2.75, 3.05) is 6.54 Å². The van der Waals surface area contributed by atoms with Gasteiger partial charge < -0.3 is 5.32 Å². The number of terminal acetylenes is 1. The van der Waals surface area contributed by atoms with Gasteiger partial charge in [-0.25, -0.2) is 8.42 Å². The normalized spacial score (nSPS) is 12.9. The monoisotopic (exact) mass is 280 g/mol. The van der Waals surface area contributed by atoms with E-state index in [1.54, 1.807) is 24.3 Å². The molecule has 0 bridgehead atoms. The van der Waals surface area contributed by atoms with Gasteiger partial charge in [-0.15, -0.1) is 6.42 Å². The molecule has 0 spiro atoms. The van der Waals surface area contributed by atoms with Crippen molar-refractivity contribution in [1.29, 1.82) is 0 Å². The SMILES string of the molecule is C#CC(CC)NS(=O)(=O)c1ccc(CNCC)cc1. The summed E-state index contributed by atoms with van der Waals surface area (Å²) in [5.41, 5.74) is 1.05. The standard InChI is InChI=1S/C14H20N2O2S/c1-4-13(5-2)16-19(17,18)14-9-7-12(8-10-14)11-15-6-3/h1,7-10,13,15-16H,5-6,11H2,2-3H3. The van der Waals surface area contributed by atoms with Crippen molar-refractivity contribution in [3.8, 4) is 12.3 Å². The number of hydrogen-bond acceptors (Lipinski definition) is 3. The molecule has 0 aliphatic carbocycles. The van der Waals surface area contributed by atoms with Gasteiger partial charge in [0.2, 0.25) is 10.0 Å². The van der Waals surface area contributed by atoms with Gasteiger partial charge in [-0.1, -0.05) is 31.9 Å². The number of sulfonamides is 1. The molecule has 19 heavy (non-hydrogen) atoms. The second-order valence-corrected chi connectivity index (χ2v) is 5.89. The van der Waals surface area contributed by atoms with E-state index in [4.69, 9.17) is 6.42 Å². The van der Waals surface area contributed by atoms with Crippen LogP contribution in [0.1, 0.15) is 25.8 Å². The Morgan fingerprint density at radius 2 is 1.89 bits per heavy atom. The highest BCUT2D eigenvalue weighted by molar-refractivity contribution is 7.89. The molecule has 1 atom stereocenters. The lowest BCUT2D eigenvalue weighted by molar-refractivity contribution is 0.570. The summed E-state index contributed by atoms with van der Waals surface area (Å²) in [5.74, 6) is 2.42. The molecule has 0 heterocycles. The number of benzene rings is 1. The minimum absolute atomic E-state index is 0.237. The summed E-state index contributed by atoms with van der Waals surface area (Å²) in [6, 6.07) is 6.32. The molecule has 1 aromatic carbocycles. The van der Waals surface area contributed by atoms with E-state index in [0.717, 1.165) is 18.7 Å². The minimum atomic E-state index is -3.53. The molecule has 0 radical (unpaired) electrons. The second-order valence-electron chi connectivity index (χ2n) is 4.17. The van der Waals surface area contributed by atoms with E-state index in [1.807, 2.05) is 13.8 Å². The van der Waals surface area contributed by atoms with Crippen LogP contribution in [0.3, 0.4) is 0 Å². The van der Waals surface area contributed by atoms with Crippen LogP contribution in [0.2, 0.25) is 0 Å². The quantitative estimate of drug-likeness (QED) is 0.744. The van der Waals surface area contributed by atoms with Gasteiger partial charge >= 0.3 is 0 Å². The third-order valence-corrected chi connectivity index (χ3v) is 4.21. The maximum absolute atomic E-state index is 12.1. The number of nitrogens with one attached hydrogen (secondary N) is 2. The fourth-order valence-electron chi connectivity index (χ4n) is 1.55. The van der Waals surface area contributed by atoms with Crippen LogP contribution in [-0.4, -0.2) is 21.0 Å². The molecule has 0 saturated heterocycles. The van der Waals surface area contributed by atoms with Crippen molar-refractivity contribution < 1.29 is 8.42 Å². The first-order valence-electron chi connectivity index (χ1n) is 6.31. The first-order valence-corrected chi connectivity index (χ1v) is 7.80. The maximum atomic E-state index is 12.1. The molecular formula is C14H20N2O2S. The van der Waals surface area contributed by atoms with Crippen molar-refractivity contribution in [1.82, 2.24) is 10.0 Å². The van der Waals surface area contributed by atoms with Crippen molar-refractivity contribution in [2.45, 2.75) is 37.8 Å². The number of hydrogen-bond donors (Lipinski definition) is 2. The van der Waals surface area contributed by atoms with Gasteiger partial charge in [0.1, 0.15) is 0 Å². The highest BCUT2D eigenvalue weighted by atomic mass is 32.2. The predicted molar refractivity (Wildman–Crippen MR) is 77.1 cm³/mol. The predicted octanol–water partition coefficient (Wildman–Crippen LogP) is 1.49. The van der Waals surface area contributed by atoms with Crippen LogP contribution < -0.4 is 10.0 Å². The lowest BCUT2D eigenvalue weighted by Crippen LogP contribution is -2.33. The van der Waals surface area contributed by atoms with Crippen LogP contribution in [0.15, 0.2) is 29.2 Å². The van der Waals surface area contributed by atoms with Crippen molar-refractivity contribution in [3.05, 3.63) is 29.8 Å². The maximum Gasteiger partial charge on any atom is 0.241 e. The summed E-state index contributed by atoms with van der Waals surface area (Å²) in [7, 11) is -3.53. The minimum Gasteiger partial charge on any atom is -0.313 e. The van der Waals surface area contributed by atoms with E-state index in [9.17, 15) is 8.42 Å². The molecule has 104 valence electrons. The van der Waals surface area contributed by atoms with Crippen molar-refractivity contribution >= 4 is 10.0 Å². The first kappa shape index (κ1) is 15.7. The largest absolute Gasteiger partial charge is 0.313 e. The molecule has 2 N–H and O–H groups in total. The van der Waals surface area contributed by atoms with E-state index in [-0.39, 0.29) is 4.90 Å². The molecule has 0 amide bonds. The summed E-state index contributed by atoms with van der Waals surface area (Å²) >= 11 is 0. The Morgan fingerprint density at radius 3 is 2.37 bits per heavy atom. The average Bonchev–Trinajstić information content (AvgIpc) is 2.43. The van der Waals surface area contributed by atoms with E-state index in [1.165, 1.54) is 0 Å². The van der Waals surface area contributed by atoms with Crippen LogP contribution in [0.25, 0.3) is 0 Å². The van der Waals surface area contributed by atoms with E-state index < -0.39 is 16.1 Å². The molecular weight excluding hydrogens is 260 g/mol. The van der Waals surface area contributed by atoms with Gasteiger partial charge in [0.05, 0.1) is 10.9 Å². The summed E-state index contributed by atoms with van der Waals surface area (Å²) in [6.45, 7) is 5.47. The zero-order chi connectivity index (χ0) is 14.3. The van der Waals surface area contributed by atoms with Crippen LogP contribution in [0.5, 0.6) is 0 Å². The van der Waals surface area contributed by atoms with E-state index in [2.05, 4.69) is 16.0 Å². The fourth-order valence-corrected chi connectivity index (χ4v) is 2.79. The van der Waals surface area contributed by atoms with Gasteiger partial charge in [-0.3, -0.25) is 0 Å². The first-order chi connectivity index (χ1) is 9.03. The van der Waals surface area contributed by atoms with Crippen LogP contribution in [-0.2, 0) is 16.6 Å². The zero-order valence-electron chi connectivity index (χ0n) is 11.3. The second kappa shape index (κ2) is 7.29. The molecule has 1 unspecified atom stereocenters. The smallest absolute Gasteiger partial charge is 0.241 e. The topological polar surface area (TPSA) is 58.2 Å². The molecule has 0 fully saturated rings. The van der Waals surface area contributed by atoms with Crippen LogP contribution in [0, 0.1) is 12.3 Å². The molecule has 1 aromatic rings. The third kappa shape index (κ3) is 4.67. The summed E-state index contributed by atoms with van der Waals surface area (Å²) in [5, 5.41) is 3.18. The Balaban J connectivity index is 2.82.